The molecule has 3 aromatic rings. The summed E-state index contributed by atoms with van der Waals surface area (Å²) < 4.78 is 10.9. The van der Waals surface area contributed by atoms with Crippen LogP contribution in [0, 0.1) is 6.92 Å². The Labute approximate surface area is 193 Å². The lowest BCUT2D eigenvalue weighted by molar-refractivity contribution is -0.118. The Morgan fingerprint density at radius 2 is 1.67 bits per heavy atom. The summed E-state index contributed by atoms with van der Waals surface area (Å²) >= 11 is 0. The van der Waals surface area contributed by atoms with E-state index in [2.05, 4.69) is 5.32 Å². The first-order chi connectivity index (χ1) is 15.9. The van der Waals surface area contributed by atoms with Gasteiger partial charge in [-0.2, -0.15) is 0 Å². The number of aryl methyl sites for hydroxylation is 1. The summed E-state index contributed by atoms with van der Waals surface area (Å²) in [4.78, 5) is 27.3. The summed E-state index contributed by atoms with van der Waals surface area (Å²) in [6, 6.07) is 19.3. The molecule has 168 valence electrons. The van der Waals surface area contributed by atoms with Gasteiger partial charge in [0, 0.05) is 25.3 Å². The van der Waals surface area contributed by atoms with E-state index in [1.165, 1.54) is 0 Å². The van der Waals surface area contributed by atoms with Gasteiger partial charge in [0.1, 0.15) is 0 Å². The van der Waals surface area contributed by atoms with Gasteiger partial charge in [0.2, 0.25) is 12.7 Å². The van der Waals surface area contributed by atoms with Gasteiger partial charge in [-0.1, -0.05) is 30.3 Å². The molecule has 6 heteroatoms. The Hall–Kier alpha value is -3.80. The average Bonchev–Trinajstić information content (AvgIpc) is 3.50. The summed E-state index contributed by atoms with van der Waals surface area (Å²) in [5.74, 6) is 1.35. The maximum atomic E-state index is 13.4. The Bertz CT molecular complexity index is 1260. The zero-order valence-electron chi connectivity index (χ0n) is 19.0. The molecule has 0 unspecified atom stereocenters. The van der Waals surface area contributed by atoms with E-state index in [9.17, 15) is 9.59 Å². The topological polar surface area (TPSA) is 67.9 Å². The molecule has 0 bridgehead atoms. The van der Waals surface area contributed by atoms with Crippen molar-refractivity contribution in [2.75, 3.05) is 26.2 Å². The maximum Gasteiger partial charge on any atom is 0.253 e. The molecule has 0 radical (unpaired) electrons. The van der Waals surface area contributed by atoms with Crippen LogP contribution in [0.1, 0.15) is 34.3 Å². The van der Waals surface area contributed by atoms with Crippen LogP contribution in [0.5, 0.6) is 11.5 Å². The molecule has 1 N–H and O–H groups in total. The molecule has 1 aliphatic carbocycles. The molecule has 3 aromatic carbocycles. The van der Waals surface area contributed by atoms with Gasteiger partial charge >= 0.3 is 0 Å². The Balaban J connectivity index is 1.41. The van der Waals surface area contributed by atoms with Crippen molar-refractivity contribution in [1.29, 1.82) is 0 Å². The molecule has 1 heterocycles. The fourth-order valence-electron chi connectivity index (χ4n) is 4.23. The van der Waals surface area contributed by atoms with Crippen LogP contribution in [0.25, 0.3) is 11.1 Å². The van der Waals surface area contributed by atoms with E-state index in [0.717, 1.165) is 40.8 Å². The second-order valence-corrected chi connectivity index (χ2v) is 8.91. The molecule has 33 heavy (non-hydrogen) atoms. The van der Waals surface area contributed by atoms with Gasteiger partial charge < -0.3 is 19.7 Å². The number of hydrogen-bond donors (Lipinski definition) is 1. The second kappa shape index (κ2) is 7.96. The molecule has 0 aromatic heterocycles. The van der Waals surface area contributed by atoms with E-state index in [4.69, 9.17) is 9.47 Å². The lowest BCUT2D eigenvalue weighted by Gasteiger charge is -2.18. The summed E-state index contributed by atoms with van der Waals surface area (Å²) in [5.41, 5.74) is 4.66. The Morgan fingerprint density at radius 3 is 2.42 bits per heavy atom. The summed E-state index contributed by atoms with van der Waals surface area (Å²) in [7, 11) is 3.48. The monoisotopic (exact) mass is 442 g/mol. The normalized spacial score (nSPS) is 15.1. The van der Waals surface area contributed by atoms with Crippen molar-refractivity contribution in [2.45, 2.75) is 25.2 Å². The van der Waals surface area contributed by atoms with E-state index in [0.29, 0.717) is 17.1 Å². The van der Waals surface area contributed by atoms with Crippen molar-refractivity contribution < 1.29 is 19.1 Å². The zero-order chi connectivity index (χ0) is 23.2. The van der Waals surface area contributed by atoms with Gasteiger partial charge in [0.05, 0.1) is 5.41 Å². The number of hydrogen-bond acceptors (Lipinski definition) is 4. The number of anilines is 1. The van der Waals surface area contributed by atoms with E-state index < -0.39 is 5.41 Å². The Morgan fingerprint density at radius 1 is 0.909 bits per heavy atom. The van der Waals surface area contributed by atoms with Crippen molar-refractivity contribution >= 4 is 17.5 Å². The molecular weight excluding hydrogens is 416 g/mol. The van der Waals surface area contributed by atoms with Crippen LogP contribution < -0.4 is 14.8 Å². The number of carbonyl (C=O) groups excluding carboxylic acids is 2. The third-order valence-corrected chi connectivity index (χ3v) is 6.44. The van der Waals surface area contributed by atoms with Crippen molar-refractivity contribution in [1.82, 2.24) is 4.90 Å². The zero-order valence-corrected chi connectivity index (χ0v) is 19.0. The fraction of sp³-hybridized carbons (Fsp3) is 0.259. The minimum Gasteiger partial charge on any atom is -0.454 e. The number of nitrogens with one attached hydrogen (secondary N) is 1. The van der Waals surface area contributed by atoms with Crippen LogP contribution in [0.4, 0.5) is 5.69 Å². The van der Waals surface area contributed by atoms with Gasteiger partial charge in [-0.05, 0) is 72.4 Å². The third-order valence-electron chi connectivity index (χ3n) is 6.44. The van der Waals surface area contributed by atoms with Crippen LogP contribution >= 0.6 is 0 Å². The van der Waals surface area contributed by atoms with Crippen LogP contribution in [0.15, 0.2) is 60.7 Å². The number of fused-ring (bicyclic) bond motifs is 1. The number of nitrogens with zero attached hydrogens (tertiary/aromatic N) is 1. The molecule has 0 spiro atoms. The molecule has 2 amide bonds. The van der Waals surface area contributed by atoms with Gasteiger partial charge in [-0.25, -0.2) is 0 Å². The van der Waals surface area contributed by atoms with Crippen LogP contribution in [0.3, 0.4) is 0 Å². The first-order valence-corrected chi connectivity index (χ1v) is 11.0. The number of benzene rings is 3. The number of rotatable bonds is 5. The Kier molecular flexibility index (Phi) is 5.08. The van der Waals surface area contributed by atoms with E-state index in [-0.39, 0.29) is 18.6 Å². The maximum absolute atomic E-state index is 13.4. The van der Waals surface area contributed by atoms with Crippen molar-refractivity contribution in [3.8, 4) is 22.6 Å². The average molecular weight is 443 g/mol. The lowest BCUT2D eigenvalue weighted by Crippen LogP contribution is -2.28. The minimum atomic E-state index is -0.540. The fourth-order valence-corrected chi connectivity index (χ4v) is 4.23. The third kappa shape index (κ3) is 3.82. The summed E-state index contributed by atoms with van der Waals surface area (Å²) in [6.45, 7) is 2.19. The first kappa shape index (κ1) is 21.1. The van der Waals surface area contributed by atoms with E-state index in [1.807, 2.05) is 67.6 Å². The first-order valence-electron chi connectivity index (χ1n) is 11.0. The standard InChI is InChI=1S/C27H26N2O4/c1-17-7-8-19(18-5-4-6-20(13-18)25(30)29(2)3)14-22(17)28-26(31)27(11-12-27)21-9-10-23-24(15-21)33-16-32-23/h4-10,13-15H,11-12,16H2,1-3H3,(H,28,31). The van der Waals surface area contributed by atoms with Gasteiger partial charge in [-0.3, -0.25) is 9.59 Å². The molecular formula is C27H26N2O4. The molecule has 5 rings (SSSR count). The van der Waals surface area contributed by atoms with Gasteiger partial charge in [0.25, 0.3) is 5.91 Å². The van der Waals surface area contributed by atoms with Crippen LogP contribution in [-0.4, -0.2) is 37.6 Å². The number of carbonyl (C=O) groups is 2. The van der Waals surface area contributed by atoms with Crippen molar-refractivity contribution in [2.24, 2.45) is 0 Å². The van der Waals surface area contributed by atoms with Crippen LogP contribution in [0.2, 0.25) is 0 Å². The van der Waals surface area contributed by atoms with E-state index >= 15 is 0 Å². The van der Waals surface area contributed by atoms with E-state index in [1.54, 1.807) is 19.0 Å². The van der Waals surface area contributed by atoms with Crippen molar-refractivity contribution in [3.05, 3.63) is 77.4 Å². The summed E-state index contributed by atoms with van der Waals surface area (Å²) in [6.07, 6.45) is 1.60. The van der Waals surface area contributed by atoms with Gasteiger partial charge in [0.15, 0.2) is 11.5 Å². The van der Waals surface area contributed by atoms with Crippen molar-refractivity contribution in [3.63, 3.8) is 0 Å². The predicted octanol–water partition coefficient (Wildman–Crippen LogP) is 4.76. The molecule has 1 fully saturated rings. The summed E-state index contributed by atoms with van der Waals surface area (Å²) in [5, 5.41) is 3.16. The molecule has 1 aliphatic heterocycles. The molecule has 1 saturated carbocycles. The van der Waals surface area contributed by atoms with Crippen LogP contribution in [-0.2, 0) is 10.2 Å². The molecule has 0 atom stereocenters. The molecule has 2 aliphatic rings. The lowest BCUT2D eigenvalue weighted by atomic mass is 9.94. The smallest absolute Gasteiger partial charge is 0.253 e. The highest BCUT2D eigenvalue weighted by Crippen LogP contribution is 2.51. The highest BCUT2D eigenvalue weighted by Gasteiger charge is 2.51. The number of ether oxygens (including phenoxy) is 2. The quantitative estimate of drug-likeness (QED) is 0.619. The minimum absolute atomic E-state index is 0.0156. The molecule has 0 saturated heterocycles. The SMILES string of the molecule is Cc1ccc(-c2cccc(C(=O)N(C)C)c2)cc1NC(=O)C1(c2ccc3c(c2)OCO3)CC1. The highest BCUT2D eigenvalue weighted by molar-refractivity contribution is 6.02. The largest absolute Gasteiger partial charge is 0.454 e. The highest BCUT2D eigenvalue weighted by atomic mass is 16.7. The second-order valence-electron chi connectivity index (χ2n) is 8.91. The number of amides is 2. The van der Waals surface area contributed by atoms with Gasteiger partial charge in [-0.15, -0.1) is 0 Å². The predicted molar refractivity (Wildman–Crippen MR) is 127 cm³/mol. The molecule has 6 nitrogen and oxygen atoms in total.